The molecule has 0 aromatic carbocycles. The van der Waals surface area contributed by atoms with Gasteiger partial charge in [0.05, 0.1) is 6.61 Å². The molecule has 1 N–H and O–H groups in total. The van der Waals surface area contributed by atoms with Gasteiger partial charge in [-0.15, -0.1) is 0 Å². The van der Waals surface area contributed by atoms with E-state index >= 15 is 0 Å². The summed E-state index contributed by atoms with van der Waals surface area (Å²) in [6.07, 6.45) is 5.80. The monoisotopic (exact) mass is 295 g/mol. The third-order valence-corrected chi connectivity index (χ3v) is 5.09. The Hall–Kier alpha value is -1.06. The van der Waals surface area contributed by atoms with Crippen molar-refractivity contribution in [3.05, 3.63) is 0 Å². The third-order valence-electron chi connectivity index (χ3n) is 5.09. The van der Waals surface area contributed by atoms with Gasteiger partial charge in [-0.3, -0.25) is 4.79 Å². The van der Waals surface area contributed by atoms with Gasteiger partial charge >= 0.3 is 5.97 Å². The minimum absolute atomic E-state index is 0.0461. The lowest BCUT2D eigenvalue weighted by Gasteiger charge is -2.36. The van der Waals surface area contributed by atoms with E-state index in [1.807, 2.05) is 0 Å². The van der Waals surface area contributed by atoms with Crippen LogP contribution in [-0.2, 0) is 14.3 Å². The van der Waals surface area contributed by atoms with Crippen molar-refractivity contribution in [3.8, 4) is 0 Å². The fourth-order valence-corrected chi connectivity index (χ4v) is 3.76. The van der Waals surface area contributed by atoms with Crippen LogP contribution in [0.3, 0.4) is 0 Å². The van der Waals surface area contributed by atoms with Gasteiger partial charge in [0.25, 0.3) is 0 Å². The maximum absolute atomic E-state index is 12.7. The smallest absolute Gasteiger partial charge is 0.328 e. The van der Waals surface area contributed by atoms with E-state index in [0.717, 1.165) is 25.7 Å². The van der Waals surface area contributed by atoms with Gasteiger partial charge in [-0.05, 0) is 49.9 Å². The van der Waals surface area contributed by atoms with E-state index in [-0.39, 0.29) is 17.8 Å². The maximum atomic E-state index is 12.7. The molecule has 1 aliphatic heterocycles. The number of esters is 1. The zero-order chi connectivity index (χ0) is 15.4. The summed E-state index contributed by atoms with van der Waals surface area (Å²) < 4.78 is 5.15. The van der Waals surface area contributed by atoms with Gasteiger partial charge in [0.1, 0.15) is 6.04 Å². The summed E-state index contributed by atoms with van der Waals surface area (Å²) in [6.45, 7) is 7.10. The predicted molar refractivity (Wildman–Crippen MR) is 81.6 cm³/mol. The van der Waals surface area contributed by atoms with E-state index in [4.69, 9.17) is 4.74 Å². The summed E-state index contributed by atoms with van der Waals surface area (Å²) in [5.41, 5.74) is 0. The number of rotatable bonds is 3. The third kappa shape index (κ3) is 4.21. The average Bonchev–Trinajstić information content (AvgIpc) is 2.63. The zero-order valence-corrected chi connectivity index (χ0v) is 13.6. The van der Waals surface area contributed by atoms with E-state index in [1.165, 1.54) is 6.42 Å². The van der Waals surface area contributed by atoms with Crippen LogP contribution < -0.4 is 5.32 Å². The highest BCUT2D eigenvalue weighted by molar-refractivity contribution is 5.86. The number of hydrogen-bond acceptors (Lipinski definition) is 3. The normalized spacial score (nSPS) is 34.2. The van der Waals surface area contributed by atoms with Crippen LogP contribution in [0.25, 0.3) is 0 Å². The average molecular weight is 295 g/mol. The Bertz CT molecular complexity index is 380. The van der Waals surface area contributed by atoms with Gasteiger partial charge in [-0.2, -0.15) is 0 Å². The number of cyclic esters (lactones) is 1. The summed E-state index contributed by atoms with van der Waals surface area (Å²) in [5.74, 6) is 1.38. The van der Waals surface area contributed by atoms with Crippen LogP contribution in [0.1, 0.15) is 59.3 Å². The van der Waals surface area contributed by atoms with E-state index in [9.17, 15) is 9.59 Å². The summed E-state index contributed by atoms with van der Waals surface area (Å²) in [4.78, 5) is 24.5. The molecule has 0 bridgehead atoms. The molecular weight excluding hydrogens is 266 g/mol. The van der Waals surface area contributed by atoms with Crippen molar-refractivity contribution in [1.82, 2.24) is 5.32 Å². The Morgan fingerprint density at radius 1 is 1.24 bits per heavy atom. The minimum atomic E-state index is -0.440. The first-order valence-electron chi connectivity index (χ1n) is 8.46. The molecule has 0 radical (unpaired) electrons. The molecule has 4 atom stereocenters. The predicted octanol–water partition coefficient (Wildman–Crippen LogP) is 2.91. The van der Waals surface area contributed by atoms with Gasteiger partial charge in [-0.1, -0.05) is 27.2 Å². The van der Waals surface area contributed by atoms with E-state index in [1.54, 1.807) is 0 Å². The quantitative estimate of drug-likeness (QED) is 0.815. The zero-order valence-electron chi connectivity index (χ0n) is 13.6. The maximum Gasteiger partial charge on any atom is 0.328 e. The van der Waals surface area contributed by atoms with Crippen LogP contribution in [0.2, 0.25) is 0 Å². The van der Waals surface area contributed by atoms with Crippen LogP contribution in [0.15, 0.2) is 0 Å². The molecule has 4 heteroatoms. The van der Waals surface area contributed by atoms with Crippen molar-refractivity contribution in [2.45, 2.75) is 65.3 Å². The number of nitrogens with one attached hydrogen (secondary N) is 1. The van der Waals surface area contributed by atoms with Gasteiger partial charge < -0.3 is 10.1 Å². The lowest BCUT2D eigenvalue weighted by molar-refractivity contribution is -0.148. The summed E-state index contributed by atoms with van der Waals surface area (Å²) in [7, 11) is 0. The highest BCUT2D eigenvalue weighted by Crippen LogP contribution is 2.38. The van der Waals surface area contributed by atoms with Gasteiger partial charge in [0.2, 0.25) is 5.91 Å². The summed E-state index contributed by atoms with van der Waals surface area (Å²) >= 11 is 0. The molecule has 1 amide bonds. The highest BCUT2D eigenvalue weighted by atomic mass is 16.5. The Kier molecular flexibility index (Phi) is 5.65. The van der Waals surface area contributed by atoms with Crippen molar-refractivity contribution >= 4 is 11.9 Å². The Balaban J connectivity index is 2.00. The van der Waals surface area contributed by atoms with E-state index in [2.05, 4.69) is 26.1 Å². The Labute approximate surface area is 128 Å². The fraction of sp³-hybridized carbons (Fsp3) is 0.882. The summed E-state index contributed by atoms with van der Waals surface area (Å²) in [5, 5.41) is 2.97. The number of carbonyl (C=O) groups is 2. The first-order valence-corrected chi connectivity index (χ1v) is 8.46. The van der Waals surface area contributed by atoms with E-state index in [0.29, 0.717) is 30.8 Å². The molecule has 2 aliphatic rings. The molecular formula is C17H29NO3. The van der Waals surface area contributed by atoms with Crippen molar-refractivity contribution < 1.29 is 14.3 Å². The van der Waals surface area contributed by atoms with Gasteiger partial charge in [0.15, 0.2) is 0 Å². The van der Waals surface area contributed by atoms with Crippen molar-refractivity contribution in [2.75, 3.05) is 6.61 Å². The lowest BCUT2D eigenvalue weighted by Crippen LogP contribution is -2.47. The van der Waals surface area contributed by atoms with Crippen LogP contribution >= 0.6 is 0 Å². The molecule has 0 aromatic heterocycles. The molecule has 2 rings (SSSR count). The van der Waals surface area contributed by atoms with Crippen LogP contribution in [0.4, 0.5) is 0 Å². The number of amides is 1. The van der Waals surface area contributed by atoms with Crippen LogP contribution in [0, 0.1) is 23.7 Å². The van der Waals surface area contributed by atoms with E-state index < -0.39 is 6.04 Å². The Morgan fingerprint density at radius 3 is 2.71 bits per heavy atom. The first-order chi connectivity index (χ1) is 9.99. The molecule has 1 heterocycles. The second kappa shape index (κ2) is 7.28. The molecule has 1 saturated heterocycles. The largest absolute Gasteiger partial charge is 0.464 e. The first kappa shape index (κ1) is 16.3. The topological polar surface area (TPSA) is 55.4 Å². The molecule has 1 aliphatic carbocycles. The number of hydrogen-bond donors (Lipinski definition) is 1. The summed E-state index contributed by atoms with van der Waals surface area (Å²) in [6, 6.07) is -0.440. The number of carbonyl (C=O) groups excluding carboxylic acids is 2. The van der Waals surface area contributed by atoms with Crippen molar-refractivity contribution in [3.63, 3.8) is 0 Å². The molecule has 120 valence electrons. The highest BCUT2D eigenvalue weighted by Gasteiger charge is 2.37. The minimum Gasteiger partial charge on any atom is -0.464 e. The second-order valence-corrected chi connectivity index (χ2v) is 7.16. The molecule has 2 fully saturated rings. The van der Waals surface area contributed by atoms with Crippen LogP contribution in [-0.4, -0.2) is 24.5 Å². The van der Waals surface area contributed by atoms with Crippen LogP contribution in [0.5, 0.6) is 0 Å². The Morgan fingerprint density at radius 2 is 2.00 bits per heavy atom. The standard InChI is InChI=1S/C17H29NO3/c1-11(2)13-8-7-12(3)10-14(13)16(19)18-15-6-4-5-9-21-17(15)20/h11-15H,4-10H2,1-3H3,(H,18,19)/t12-,13+,14-,15?/m1/s1. The lowest BCUT2D eigenvalue weighted by atomic mass is 9.69. The molecule has 21 heavy (non-hydrogen) atoms. The fourth-order valence-electron chi connectivity index (χ4n) is 3.76. The molecule has 1 unspecified atom stereocenters. The number of ether oxygens (including phenoxy) is 1. The van der Waals surface area contributed by atoms with Gasteiger partial charge in [-0.25, -0.2) is 4.79 Å². The molecule has 0 spiro atoms. The second-order valence-electron chi connectivity index (χ2n) is 7.16. The van der Waals surface area contributed by atoms with Gasteiger partial charge in [0, 0.05) is 5.92 Å². The van der Waals surface area contributed by atoms with Crippen molar-refractivity contribution in [1.29, 1.82) is 0 Å². The molecule has 4 nitrogen and oxygen atoms in total. The SMILES string of the molecule is CC(C)[C@@H]1CC[C@@H](C)C[C@H]1C(=O)NC1CCCCOC1=O. The molecule has 1 saturated carbocycles. The molecule has 0 aromatic rings. The van der Waals surface area contributed by atoms with Crippen molar-refractivity contribution in [2.24, 2.45) is 23.7 Å².